The quantitative estimate of drug-likeness (QED) is 0.473. The molecule has 180 valence electrons. The molecule has 5 rings (SSSR count). The number of hydrogen-bond donors (Lipinski definition) is 1. The van der Waals surface area contributed by atoms with Crippen LogP contribution in [0.3, 0.4) is 0 Å². The van der Waals surface area contributed by atoms with E-state index in [1.165, 1.54) is 24.5 Å². The molecule has 4 heterocycles. The lowest BCUT2D eigenvalue weighted by molar-refractivity contribution is -0.122. The Balaban J connectivity index is 1.59. The van der Waals surface area contributed by atoms with Gasteiger partial charge in [-0.1, -0.05) is 13.0 Å². The van der Waals surface area contributed by atoms with Crippen LogP contribution in [0.15, 0.2) is 42.9 Å². The Bertz CT molecular complexity index is 1460. The molecule has 0 fully saturated rings. The molecule has 4 aromatic rings. The van der Waals surface area contributed by atoms with E-state index >= 15 is 4.39 Å². The number of amides is 1. The second-order valence-electron chi connectivity index (χ2n) is 9.53. The third-order valence-corrected chi connectivity index (χ3v) is 6.41. The molecule has 0 bridgehead atoms. The predicted octanol–water partition coefficient (Wildman–Crippen LogP) is 4.33. The van der Waals surface area contributed by atoms with E-state index in [1.54, 1.807) is 55.3 Å². The molecule has 0 radical (unpaired) electrons. The smallest absolute Gasteiger partial charge is 0.230 e. The number of halogens is 2. The normalized spacial score (nSPS) is 16.1. The van der Waals surface area contributed by atoms with Gasteiger partial charge in [-0.15, -0.1) is 0 Å². The third-order valence-electron chi connectivity index (χ3n) is 6.41. The zero-order chi connectivity index (χ0) is 25.1. The highest BCUT2D eigenvalue weighted by atomic mass is 19.1. The molecule has 0 spiro atoms. The molecule has 0 aliphatic carbocycles. The number of benzene rings is 1. The molecule has 1 atom stereocenters. The minimum atomic E-state index is -1.22. The maximum absolute atomic E-state index is 15.0. The van der Waals surface area contributed by atoms with Crippen molar-refractivity contribution in [2.45, 2.75) is 46.3 Å². The van der Waals surface area contributed by atoms with E-state index in [-0.39, 0.29) is 35.6 Å². The van der Waals surface area contributed by atoms with Crippen LogP contribution >= 0.6 is 0 Å². The standard InChI is InChI=1S/C26H25F2N5O2/c1-14-8-17-19(27)6-5-7-21(17)33(24(14)34)13-22-15(2)31-23-9-20(28)18(12-32(22)23)16-10-29-25(30-11-16)26(3,4)35/h5-7,9-12,14,35H,8,13H2,1-4H3. The summed E-state index contributed by atoms with van der Waals surface area (Å²) >= 11 is 0. The number of imidazole rings is 1. The second-order valence-corrected chi connectivity index (χ2v) is 9.53. The Morgan fingerprint density at radius 2 is 1.89 bits per heavy atom. The summed E-state index contributed by atoms with van der Waals surface area (Å²) in [7, 11) is 0. The van der Waals surface area contributed by atoms with E-state index in [2.05, 4.69) is 15.0 Å². The number of aryl methyl sites for hydroxylation is 1. The fraction of sp³-hybridized carbons (Fsp3) is 0.308. The summed E-state index contributed by atoms with van der Waals surface area (Å²) in [6.45, 7) is 6.89. The van der Waals surface area contributed by atoms with Crippen LogP contribution in [0.4, 0.5) is 14.5 Å². The van der Waals surface area contributed by atoms with E-state index in [0.717, 1.165) is 0 Å². The number of rotatable bonds is 4. The minimum absolute atomic E-state index is 0.101. The largest absolute Gasteiger partial charge is 0.382 e. The summed E-state index contributed by atoms with van der Waals surface area (Å²) in [5.74, 6) is -1.07. The van der Waals surface area contributed by atoms with Crippen LogP contribution in [0, 0.1) is 24.5 Å². The van der Waals surface area contributed by atoms with Gasteiger partial charge in [0.25, 0.3) is 0 Å². The van der Waals surface area contributed by atoms with Gasteiger partial charge < -0.3 is 14.4 Å². The van der Waals surface area contributed by atoms with Crippen molar-refractivity contribution in [2.24, 2.45) is 5.92 Å². The van der Waals surface area contributed by atoms with E-state index in [9.17, 15) is 14.3 Å². The number of carbonyl (C=O) groups excluding carboxylic acids is 1. The van der Waals surface area contributed by atoms with Crippen LogP contribution in [0.25, 0.3) is 16.8 Å². The number of aliphatic hydroxyl groups is 1. The monoisotopic (exact) mass is 477 g/mol. The number of nitrogens with zero attached hydrogens (tertiary/aromatic N) is 5. The van der Waals surface area contributed by atoms with Crippen molar-refractivity contribution in [3.05, 3.63) is 77.3 Å². The van der Waals surface area contributed by atoms with Crippen molar-refractivity contribution < 1.29 is 18.7 Å². The average molecular weight is 478 g/mol. The second kappa shape index (κ2) is 8.20. The molecule has 1 aromatic carbocycles. The molecule has 9 heteroatoms. The van der Waals surface area contributed by atoms with Crippen molar-refractivity contribution in [3.63, 3.8) is 0 Å². The highest BCUT2D eigenvalue weighted by Gasteiger charge is 2.32. The van der Waals surface area contributed by atoms with E-state index in [4.69, 9.17) is 0 Å². The van der Waals surface area contributed by atoms with Gasteiger partial charge in [0.2, 0.25) is 5.91 Å². The lowest BCUT2D eigenvalue weighted by Crippen LogP contribution is -2.40. The minimum Gasteiger partial charge on any atom is -0.382 e. The number of anilines is 1. The van der Waals surface area contributed by atoms with Crippen molar-refractivity contribution in [3.8, 4) is 11.1 Å². The number of fused-ring (bicyclic) bond motifs is 2. The van der Waals surface area contributed by atoms with Gasteiger partial charge in [-0.25, -0.2) is 23.7 Å². The third kappa shape index (κ3) is 3.95. The van der Waals surface area contributed by atoms with Gasteiger partial charge in [-0.05, 0) is 39.3 Å². The zero-order valence-electron chi connectivity index (χ0n) is 19.9. The first kappa shape index (κ1) is 23.0. The molecule has 3 aromatic heterocycles. The Hall–Kier alpha value is -3.72. The maximum atomic E-state index is 15.0. The highest BCUT2D eigenvalue weighted by Crippen LogP contribution is 2.34. The topological polar surface area (TPSA) is 83.6 Å². The summed E-state index contributed by atoms with van der Waals surface area (Å²) in [6, 6.07) is 6.06. The summed E-state index contributed by atoms with van der Waals surface area (Å²) < 4.78 is 31.3. The Kier molecular flexibility index (Phi) is 5.40. The van der Waals surface area contributed by atoms with Crippen LogP contribution in [0.5, 0.6) is 0 Å². The van der Waals surface area contributed by atoms with Crippen molar-refractivity contribution in [2.75, 3.05) is 4.90 Å². The Labute approximate surface area is 201 Å². The number of pyridine rings is 1. The van der Waals surface area contributed by atoms with Crippen molar-refractivity contribution in [1.29, 1.82) is 0 Å². The number of aromatic nitrogens is 4. The van der Waals surface area contributed by atoms with Gasteiger partial charge >= 0.3 is 0 Å². The first-order chi connectivity index (χ1) is 16.5. The molecule has 1 aliphatic rings. The molecule has 35 heavy (non-hydrogen) atoms. The van der Waals surface area contributed by atoms with E-state index < -0.39 is 11.4 Å². The summed E-state index contributed by atoms with van der Waals surface area (Å²) in [6.07, 6.45) is 4.87. The van der Waals surface area contributed by atoms with Crippen LogP contribution in [-0.2, 0) is 23.4 Å². The van der Waals surface area contributed by atoms with Crippen molar-refractivity contribution >= 4 is 17.2 Å². The molecular formula is C26H25F2N5O2. The predicted molar refractivity (Wildman–Crippen MR) is 127 cm³/mol. The number of hydrogen-bond acceptors (Lipinski definition) is 5. The van der Waals surface area contributed by atoms with Crippen LogP contribution < -0.4 is 4.90 Å². The van der Waals surface area contributed by atoms with Crippen LogP contribution in [0.2, 0.25) is 0 Å². The van der Waals surface area contributed by atoms with Crippen LogP contribution in [0.1, 0.15) is 43.5 Å². The van der Waals surface area contributed by atoms with Crippen LogP contribution in [-0.4, -0.2) is 30.4 Å². The van der Waals surface area contributed by atoms with Crippen molar-refractivity contribution in [1.82, 2.24) is 19.4 Å². The van der Waals surface area contributed by atoms with Gasteiger partial charge in [0.15, 0.2) is 5.82 Å². The molecule has 1 aliphatic heterocycles. The van der Waals surface area contributed by atoms with Gasteiger partial charge in [0.05, 0.1) is 23.6 Å². The first-order valence-electron chi connectivity index (χ1n) is 11.4. The number of carbonyl (C=O) groups is 1. The zero-order valence-corrected chi connectivity index (χ0v) is 19.9. The average Bonchev–Trinajstić information content (AvgIpc) is 3.10. The molecular weight excluding hydrogens is 452 g/mol. The summed E-state index contributed by atoms with van der Waals surface area (Å²) in [5, 5.41) is 10.1. The van der Waals surface area contributed by atoms with Gasteiger partial charge in [-0.3, -0.25) is 4.79 Å². The first-order valence-corrected chi connectivity index (χ1v) is 11.4. The molecule has 1 N–H and O–H groups in total. The summed E-state index contributed by atoms with van der Waals surface area (Å²) in [5.41, 5.74) is 2.25. The van der Waals surface area contributed by atoms with Gasteiger partial charge in [-0.2, -0.15) is 0 Å². The SMILES string of the molecule is Cc1nc2cc(F)c(-c3cnc(C(C)(C)O)nc3)cn2c1CN1C(=O)C(C)Cc2c(F)cccc21. The lowest BCUT2D eigenvalue weighted by Gasteiger charge is -2.33. The Morgan fingerprint density at radius 3 is 2.57 bits per heavy atom. The Morgan fingerprint density at radius 1 is 1.17 bits per heavy atom. The maximum Gasteiger partial charge on any atom is 0.230 e. The fourth-order valence-electron chi connectivity index (χ4n) is 4.51. The fourth-order valence-corrected chi connectivity index (χ4v) is 4.51. The highest BCUT2D eigenvalue weighted by molar-refractivity contribution is 5.97. The van der Waals surface area contributed by atoms with E-state index in [1.807, 2.05) is 0 Å². The molecule has 0 saturated carbocycles. The van der Waals surface area contributed by atoms with Gasteiger partial charge in [0.1, 0.15) is 22.9 Å². The molecule has 1 unspecified atom stereocenters. The lowest BCUT2D eigenvalue weighted by atomic mass is 9.92. The van der Waals surface area contributed by atoms with E-state index in [0.29, 0.717) is 40.3 Å². The summed E-state index contributed by atoms with van der Waals surface area (Å²) in [4.78, 5) is 27.5. The molecule has 7 nitrogen and oxygen atoms in total. The molecule has 0 saturated heterocycles. The molecule has 1 amide bonds. The van der Waals surface area contributed by atoms with Gasteiger partial charge in [0, 0.05) is 47.3 Å².